The third kappa shape index (κ3) is 1.74. The molecule has 0 saturated heterocycles. The first-order valence-electron chi connectivity index (χ1n) is 5.29. The number of nitrogens with zero attached hydrogens (tertiary/aromatic N) is 3. The number of fused-ring (bicyclic) bond motifs is 1. The zero-order valence-electron chi connectivity index (χ0n) is 9.47. The molecule has 0 atom stereocenters. The number of aromatic nitrogens is 2. The minimum atomic E-state index is -3.34. The molecule has 0 aromatic carbocycles. The second-order valence-electron chi connectivity index (χ2n) is 3.81. The van der Waals surface area contributed by atoms with E-state index in [1.807, 2.05) is 6.92 Å². The van der Waals surface area contributed by atoms with E-state index in [2.05, 4.69) is 10.4 Å². The van der Waals surface area contributed by atoms with Crippen LogP contribution in [-0.2, 0) is 23.1 Å². The monoisotopic (exact) mass is 244 g/mol. The Kier molecular flexibility index (Phi) is 3.00. The predicted octanol–water partition coefficient (Wildman–Crippen LogP) is -0.373. The topological polar surface area (TPSA) is 67.2 Å². The molecule has 0 saturated carbocycles. The van der Waals surface area contributed by atoms with E-state index < -0.39 is 10.0 Å². The average Bonchev–Trinajstić information content (AvgIpc) is 2.65. The van der Waals surface area contributed by atoms with Crippen molar-refractivity contribution in [3.63, 3.8) is 0 Å². The summed E-state index contributed by atoms with van der Waals surface area (Å²) >= 11 is 0. The summed E-state index contributed by atoms with van der Waals surface area (Å²) in [7, 11) is -1.74. The average molecular weight is 244 g/mol. The molecule has 0 fully saturated rings. The van der Waals surface area contributed by atoms with Gasteiger partial charge in [0.1, 0.15) is 0 Å². The first-order valence-corrected chi connectivity index (χ1v) is 6.73. The highest BCUT2D eigenvalue weighted by molar-refractivity contribution is 7.89. The molecule has 1 aliphatic rings. The van der Waals surface area contributed by atoms with Gasteiger partial charge in [0.15, 0.2) is 5.03 Å². The van der Waals surface area contributed by atoms with Crippen LogP contribution in [0.5, 0.6) is 0 Å². The molecule has 0 spiro atoms. The maximum absolute atomic E-state index is 12.1. The second-order valence-corrected chi connectivity index (χ2v) is 5.77. The summed E-state index contributed by atoms with van der Waals surface area (Å²) < 4.78 is 27.1. The van der Waals surface area contributed by atoms with Crippen molar-refractivity contribution in [2.45, 2.75) is 25.0 Å². The van der Waals surface area contributed by atoms with Crippen LogP contribution in [0.1, 0.15) is 12.5 Å². The SMILES string of the molecule is CCNCc1cnn2c1S(=O)(=O)N(C)CC2. The van der Waals surface area contributed by atoms with Crippen molar-refractivity contribution in [3.05, 3.63) is 11.8 Å². The van der Waals surface area contributed by atoms with Crippen LogP contribution >= 0.6 is 0 Å². The van der Waals surface area contributed by atoms with Crippen molar-refractivity contribution in [1.82, 2.24) is 19.4 Å². The number of rotatable bonds is 3. The molecule has 6 nitrogen and oxygen atoms in total. The summed E-state index contributed by atoms with van der Waals surface area (Å²) in [5, 5.41) is 7.56. The Balaban J connectivity index is 2.43. The summed E-state index contributed by atoms with van der Waals surface area (Å²) in [4.78, 5) is 0. The lowest BCUT2D eigenvalue weighted by atomic mass is 10.3. The molecule has 0 unspecified atom stereocenters. The summed E-state index contributed by atoms with van der Waals surface area (Å²) in [6.07, 6.45) is 1.63. The van der Waals surface area contributed by atoms with E-state index >= 15 is 0 Å². The zero-order chi connectivity index (χ0) is 11.8. The highest BCUT2D eigenvalue weighted by Crippen LogP contribution is 2.22. The second kappa shape index (κ2) is 4.15. The maximum Gasteiger partial charge on any atom is 0.260 e. The molecule has 0 bridgehead atoms. The van der Waals surface area contributed by atoms with Crippen LogP contribution in [0.4, 0.5) is 0 Å². The molecular weight excluding hydrogens is 228 g/mol. The lowest BCUT2D eigenvalue weighted by Gasteiger charge is -2.24. The van der Waals surface area contributed by atoms with Crippen molar-refractivity contribution in [2.24, 2.45) is 0 Å². The first kappa shape index (κ1) is 11.6. The fourth-order valence-corrected chi connectivity index (χ4v) is 3.23. The molecule has 1 aliphatic heterocycles. The Morgan fingerprint density at radius 3 is 2.94 bits per heavy atom. The van der Waals surface area contributed by atoms with Crippen LogP contribution in [0.25, 0.3) is 0 Å². The number of sulfonamides is 1. The van der Waals surface area contributed by atoms with Crippen molar-refractivity contribution in [2.75, 3.05) is 20.1 Å². The smallest absolute Gasteiger partial charge is 0.260 e. The Bertz CT molecular complexity index is 480. The largest absolute Gasteiger partial charge is 0.313 e. The van der Waals surface area contributed by atoms with Crippen LogP contribution < -0.4 is 5.32 Å². The normalized spacial score (nSPS) is 19.6. The molecular formula is C9H16N4O2S. The lowest BCUT2D eigenvalue weighted by Crippen LogP contribution is -2.38. The zero-order valence-corrected chi connectivity index (χ0v) is 10.3. The summed E-state index contributed by atoms with van der Waals surface area (Å²) in [6.45, 7) is 4.44. The highest BCUT2D eigenvalue weighted by atomic mass is 32.2. The highest BCUT2D eigenvalue weighted by Gasteiger charge is 2.32. The van der Waals surface area contributed by atoms with Gasteiger partial charge in [0.25, 0.3) is 10.0 Å². The molecule has 16 heavy (non-hydrogen) atoms. The maximum atomic E-state index is 12.1. The lowest BCUT2D eigenvalue weighted by molar-refractivity contribution is 0.381. The summed E-state index contributed by atoms with van der Waals surface area (Å²) in [6, 6.07) is 0. The molecule has 0 radical (unpaired) electrons. The van der Waals surface area contributed by atoms with E-state index in [4.69, 9.17) is 0 Å². The molecule has 7 heteroatoms. The van der Waals surface area contributed by atoms with Gasteiger partial charge in [0.2, 0.25) is 0 Å². The minimum absolute atomic E-state index is 0.335. The quantitative estimate of drug-likeness (QED) is 0.787. The first-order chi connectivity index (χ1) is 7.57. The van der Waals surface area contributed by atoms with Gasteiger partial charge in [-0.15, -0.1) is 0 Å². The van der Waals surface area contributed by atoms with E-state index in [1.165, 1.54) is 4.31 Å². The van der Waals surface area contributed by atoms with Gasteiger partial charge in [0.05, 0.1) is 12.7 Å². The van der Waals surface area contributed by atoms with Gasteiger partial charge < -0.3 is 5.32 Å². The molecule has 1 N–H and O–H groups in total. The van der Waals surface area contributed by atoms with Crippen LogP contribution in [0.15, 0.2) is 11.2 Å². The molecule has 2 rings (SSSR count). The van der Waals surface area contributed by atoms with Gasteiger partial charge in [-0.2, -0.15) is 9.40 Å². The van der Waals surface area contributed by atoms with Gasteiger partial charge in [-0.1, -0.05) is 6.92 Å². The molecule has 1 aromatic rings. The Hall–Kier alpha value is -0.920. The molecule has 2 heterocycles. The Morgan fingerprint density at radius 1 is 1.50 bits per heavy atom. The number of likely N-dealkylation sites (N-methyl/N-ethyl adjacent to an activating group) is 1. The molecule has 0 aliphatic carbocycles. The van der Waals surface area contributed by atoms with E-state index in [-0.39, 0.29) is 0 Å². The van der Waals surface area contributed by atoms with Crippen LogP contribution in [0.3, 0.4) is 0 Å². The van der Waals surface area contributed by atoms with Gasteiger partial charge in [-0.05, 0) is 6.54 Å². The van der Waals surface area contributed by atoms with Crippen LogP contribution in [-0.4, -0.2) is 42.6 Å². The van der Waals surface area contributed by atoms with Gasteiger partial charge in [-0.3, -0.25) is 4.68 Å². The third-order valence-corrected chi connectivity index (χ3v) is 4.67. The van der Waals surface area contributed by atoms with Crippen molar-refractivity contribution < 1.29 is 8.42 Å². The third-order valence-electron chi connectivity index (χ3n) is 2.71. The summed E-state index contributed by atoms with van der Waals surface area (Å²) in [5.74, 6) is 0. The molecule has 1 aromatic heterocycles. The van der Waals surface area contributed by atoms with E-state index in [0.717, 1.165) is 12.1 Å². The van der Waals surface area contributed by atoms with E-state index in [1.54, 1.807) is 17.9 Å². The van der Waals surface area contributed by atoms with Gasteiger partial charge in [-0.25, -0.2) is 8.42 Å². The standard InChI is InChI=1S/C9H16N4O2S/c1-3-10-6-8-7-11-13-5-4-12(2)16(14,15)9(8)13/h7,10H,3-6H2,1-2H3. The Morgan fingerprint density at radius 2 is 2.25 bits per heavy atom. The fourth-order valence-electron chi connectivity index (χ4n) is 1.76. The van der Waals surface area contributed by atoms with Crippen molar-refractivity contribution in [1.29, 1.82) is 0 Å². The number of hydrogen-bond acceptors (Lipinski definition) is 4. The van der Waals surface area contributed by atoms with Crippen LogP contribution in [0.2, 0.25) is 0 Å². The van der Waals surface area contributed by atoms with Gasteiger partial charge >= 0.3 is 0 Å². The predicted molar refractivity (Wildman–Crippen MR) is 59.4 cm³/mol. The fraction of sp³-hybridized carbons (Fsp3) is 0.667. The van der Waals surface area contributed by atoms with Crippen molar-refractivity contribution >= 4 is 10.0 Å². The molecule has 90 valence electrons. The number of nitrogens with one attached hydrogen (secondary N) is 1. The van der Waals surface area contributed by atoms with Crippen LogP contribution in [0, 0.1) is 0 Å². The molecule has 0 amide bonds. The summed E-state index contributed by atoms with van der Waals surface area (Å²) in [5.41, 5.74) is 0.744. The number of hydrogen-bond donors (Lipinski definition) is 1. The minimum Gasteiger partial charge on any atom is -0.313 e. The van der Waals surface area contributed by atoms with E-state index in [0.29, 0.717) is 24.7 Å². The van der Waals surface area contributed by atoms with Gasteiger partial charge in [0, 0.05) is 25.7 Å². The Labute approximate surface area is 95.3 Å². The van der Waals surface area contributed by atoms with Crippen molar-refractivity contribution in [3.8, 4) is 0 Å². The van der Waals surface area contributed by atoms with E-state index in [9.17, 15) is 8.42 Å².